The number of amides is 1. The maximum atomic E-state index is 14.3. The zero-order chi connectivity index (χ0) is 52.1. The van der Waals surface area contributed by atoms with Gasteiger partial charge in [-0.3, -0.25) is 4.79 Å². The Kier molecular flexibility index (Phi) is 19.6. The molecule has 16 heteroatoms. The number of carbonyl (C=O) groups is 1. The third kappa shape index (κ3) is 13.9. The van der Waals surface area contributed by atoms with Crippen molar-refractivity contribution < 1.29 is 52.6 Å². The maximum absolute atomic E-state index is 14.3. The van der Waals surface area contributed by atoms with Crippen LogP contribution < -0.4 is 15.7 Å². The molecule has 0 unspecified atom stereocenters. The molecule has 0 aliphatic carbocycles. The number of nitrogens with one attached hydrogen (secondary N) is 1. The van der Waals surface area contributed by atoms with Crippen LogP contribution in [-0.2, 0) is 68.8 Å². The molecule has 74 heavy (non-hydrogen) atoms. The van der Waals surface area contributed by atoms with Crippen molar-refractivity contribution in [2.75, 3.05) is 13.2 Å². The van der Waals surface area contributed by atoms with E-state index >= 15 is 0 Å². The van der Waals surface area contributed by atoms with E-state index < -0.39 is 91.0 Å². The van der Waals surface area contributed by atoms with Crippen molar-refractivity contribution in [2.45, 2.75) is 117 Å². The lowest BCUT2D eigenvalue weighted by molar-refractivity contribution is -0.357. The van der Waals surface area contributed by atoms with E-state index in [1.165, 1.54) is 0 Å². The molecule has 1 amide bonds. The van der Waals surface area contributed by atoms with Gasteiger partial charge >= 0.3 is 0 Å². The summed E-state index contributed by atoms with van der Waals surface area (Å²) >= 11 is 19.2. The number of alkyl halides is 3. The van der Waals surface area contributed by atoms with E-state index in [2.05, 4.69) is 26.1 Å². The number of aliphatic hydroxyl groups excluding tert-OH is 2. The van der Waals surface area contributed by atoms with E-state index in [-0.39, 0.29) is 33.0 Å². The molecule has 2 aliphatic rings. The smallest absolute Gasteiger partial charge is 0.272 e. The summed E-state index contributed by atoms with van der Waals surface area (Å²) in [6, 6.07) is 56.9. The van der Waals surface area contributed by atoms with Crippen LogP contribution in [0.2, 0.25) is 5.04 Å². The van der Waals surface area contributed by atoms with E-state index in [0.717, 1.165) is 32.6 Å². The van der Waals surface area contributed by atoms with Gasteiger partial charge < -0.3 is 53.1 Å². The zero-order valence-corrected chi connectivity index (χ0v) is 44.8. The first-order valence-corrected chi connectivity index (χ1v) is 27.8. The van der Waals surface area contributed by atoms with Crippen molar-refractivity contribution in [3.8, 4) is 0 Å². The average molecular weight is 1090 g/mol. The third-order valence-electron chi connectivity index (χ3n) is 13.2. The molecular formula is C58H64Cl3NO11Si. The normalized spacial score (nSPS) is 24.5. The Labute approximate surface area is 449 Å². The molecule has 2 saturated heterocycles. The Morgan fingerprint density at radius 2 is 0.959 bits per heavy atom. The standard InChI is InChI=1S/C58H64Cl3NO11Si/c1-57(2,3)74(44-30-18-8-19-31-44,45-32-20-9-21-33-45)73-54-48(62-56(65)58(59,60)61)52(68-37-42-26-14-6-15-27-42)51(47(71-54)39-66-35-40-22-10-4-11-23-40)72-55-53(69-38-43-28-16-7-17-29-43)49(64)50(46(34-63)70-55)67-36-41-24-12-5-13-25-41/h4-33,46-55,63-64H,34-39H2,1-3H3,(H,62,65)/t46-,47-,48-,49+,50-,51-,52-,53+,54+,55+/m1/s1. The summed E-state index contributed by atoms with van der Waals surface area (Å²) in [5.41, 5.74) is 3.38. The molecular weight excluding hydrogens is 1020 g/mol. The summed E-state index contributed by atoms with van der Waals surface area (Å²) < 4.78 is 52.9. The summed E-state index contributed by atoms with van der Waals surface area (Å²) in [6.45, 7) is 6.13. The van der Waals surface area contributed by atoms with Gasteiger partial charge in [-0.05, 0) is 37.7 Å². The molecule has 0 radical (unpaired) electrons. The number of carbonyl (C=O) groups excluding carboxylic acids is 1. The first-order valence-electron chi connectivity index (χ1n) is 24.8. The number of aliphatic hydroxyl groups is 2. The lowest BCUT2D eigenvalue weighted by Gasteiger charge is -2.52. The van der Waals surface area contributed by atoms with E-state index in [0.29, 0.717) is 0 Å². The van der Waals surface area contributed by atoms with Crippen LogP contribution in [0.1, 0.15) is 43.0 Å². The fraction of sp³-hybridized carbons (Fsp3) is 0.362. The number of hydrogen-bond acceptors (Lipinski definition) is 11. The number of halogens is 3. The Morgan fingerprint density at radius 3 is 1.39 bits per heavy atom. The monoisotopic (exact) mass is 1080 g/mol. The molecule has 10 atom stereocenters. The Bertz CT molecular complexity index is 2560. The van der Waals surface area contributed by atoms with Gasteiger partial charge in [-0.2, -0.15) is 0 Å². The Balaban J connectivity index is 1.25. The zero-order valence-electron chi connectivity index (χ0n) is 41.5. The second-order valence-electron chi connectivity index (χ2n) is 19.4. The largest absolute Gasteiger partial charge is 0.394 e. The SMILES string of the molecule is CC(C)(C)[Si](O[C@@H]1O[C@H](COCc2ccccc2)[C@@H](O[C@@H]2O[C@H](CO)[C@@H](OCc3ccccc3)[C@H](O)[C@@H]2OCc2ccccc2)[C@H](OCc2ccccc2)[C@H]1NC(=O)C(Cl)(Cl)Cl)(c1ccccc1)c1ccccc1. The van der Waals surface area contributed by atoms with Gasteiger partial charge in [0.1, 0.15) is 48.8 Å². The highest BCUT2D eigenvalue weighted by Crippen LogP contribution is 2.41. The van der Waals surface area contributed by atoms with Crippen LogP contribution in [0, 0.1) is 0 Å². The molecule has 6 aromatic rings. The molecule has 8 rings (SSSR count). The molecule has 3 N–H and O–H groups in total. The van der Waals surface area contributed by atoms with Crippen LogP contribution in [-0.4, -0.2) is 103 Å². The van der Waals surface area contributed by atoms with E-state index in [4.69, 9.17) is 72.4 Å². The molecule has 2 aliphatic heterocycles. The van der Waals surface area contributed by atoms with Gasteiger partial charge in [0.2, 0.25) is 0 Å². The van der Waals surface area contributed by atoms with E-state index in [1.54, 1.807) is 0 Å². The van der Waals surface area contributed by atoms with E-state index in [9.17, 15) is 15.0 Å². The minimum atomic E-state index is -3.52. The fourth-order valence-electron chi connectivity index (χ4n) is 9.61. The average Bonchev–Trinajstić information content (AvgIpc) is 3.41. The molecule has 2 fully saturated rings. The quantitative estimate of drug-likeness (QED) is 0.0472. The molecule has 0 saturated carbocycles. The highest BCUT2D eigenvalue weighted by molar-refractivity contribution is 6.99. The summed E-state index contributed by atoms with van der Waals surface area (Å²) in [7, 11) is -3.52. The van der Waals surface area contributed by atoms with Gasteiger partial charge in [0, 0.05) is 0 Å². The van der Waals surface area contributed by atoms with Crippen molar-refractivity contribution >= 4 is 59.4 Å². The van der Waals surface area contributed by atoms with Gasteiger partial charge in [-0.1, -0.05) is 238 Å². The second-order valence-corrected chi connectivity index (χ2v) is 26.0. The first-order chi connectivity index (χ1) is 35.7. The number of benzene rings is 6. The minimum absolute atomic E-state index is 0.0196. The third-order valence-corrected chi connectivity index (χ3v) is 18.8. The van der Waals surface area contributed by atoms with Crippen molar-refractivity contribution in [3.63, 3.8) is 0 Å². The number of rotatable bonds is 21. The Morgan fingerprint density at radius 1 is 0.554 bits per heavy atom. The summed E-state index contributed by atoms with van der Waals surface area (Å²) in [4.78, 5) is 14.3. The van der Waals surface area contributed by atoms with Crippen molar-refractivity contribution in [3.05, 3.63) is 204 Å². The summed E-state index contributed by atoms with van der Waals surface area (Å²) in [5, 5.41) is 27.7. The molecule has 0 bridgehead atoms. The predicted molar refractivity (Wildman–Crippen MR) is 287 cm³/mol. The van der Waals surface area contributed by atoms with Crippen LogP contribution in [0.15, 0.2) is 182 Å². The topological polar surface area (TPSA) is 143 Å². The second kappa shape index (κ2) is 26.0. The molecule has 6 aromatic carbocycles. The van der Waals surface area contributed by atoms with Crippen LogP contribution >= 0.6 is 34.8 Å². The van der Waals surface area contributed by atoms with Crippen molar-refractivity contribution in [2.24, 2.45) is 0 Å². The fourth-order valence-corrected chi connectivity index (χ4v) is 14.3. The molecule has 2 heterocycles. The number of hydrogen-bond donors (Lipinski definition) is 3. The van der Waals surface area contributed by atoms with Gasteiger partial charge in [-0.15, -0.1) is 0 Å². The molecule has 0 spiro atoms. The van der Waals surface area contributed by atoms with Gasteiger partial charge in [0.25, 0.3) is 18.0 Å². The highest BCUT2D eigenvalue weighted by atomic mass is 35.6. The summed E-state index contributed by atoms with van der Waals surface area (Å²) in [6.07, 6.45) is -10.9. The van der Waals surface area contributed by atoms with E-state index in [1.807, 2.05) is 182 Å². The summed E-state index contributed by atoms with van der Waals surface area (Å²) in [5.74, 6) is -0.967. The molecule has 0 aromatic heterocycles. The van der Waals surface area contributed by atoms with Crippen LogP contribution in [0.5, 0.6) is 0 Å². The van der Waals surface area contributed by atoms with Gasteiger partial charge in [-0.25, -0.2) is 0 Å². The number of ether oxygens (including phenoxy) is 7. The highest BCUT2D eigenvalue weighted by Gasteiger charge is 2.59. The van der Waals surface area contributed by atoms with Crippen molar-refractivity contribution in [1.29, 1.82) is 0 Å². The first kappa shape index (κ1) is 55.7. The molecule has 392 valence electrons. The predicted octanol–water partition coefficient (Wildman–Crippen LogP) is 8.58. The lowest BCUT2D eigenvalue weighted by atomic mass is 9.95. The molecule has 12 nitrogen and oxygen atoms in total. The van der Waals surface area contributed by atoms with Gasteiger partial charge in [0.15, 0.2) is 12.6 Å². The maximum Gasteiger partial charge on any atom is 0.272 e. The van der Waals surface area contributed by atoms with Crippen LogP contribution in [0.25, 0.3) is 0 Å². The van der Waals surface area contributed by atoms with Crippen molar-refractivity contribution in [1.82, 2.24) is 5.32 Å². The lowest BCUT2D eigenvalue weighted by Crippen LogP contribution is -2.74. The minimum Gasteiger partial charge on any atom is -0.394 e. The van der Waals surface area contributed by atoms with Crippen LogP contribution in [0.4, 0.5) is 0 Å². The Hall–Kier alpha value is -4.52. The van der Waals surface area contributed by atoms with Gasteiger partial charge in [0.05, 0.1) is 39.6 Å². The van der Waals surface area contributed by atoms with Crippen LogP contribution in [0.3, 0.4) is 0 Å².